The van der Waals surface area contributed by atoms with E-state index >= 15 is 0 Å². The lowest BCUT2D eigenvalue weighted by Gasteiger charge is -2.18. The molecule has 0 fully saturated rings. The van der Waals surface area contributed by atoms with Crippen LogP contribution in [0.25, 0.3) is 0 Å². The van der Waals surface area contributed by atoms with Gasteiger partial charge in [-0.15, -0.1) is 0 Å². The smallest absolute Gasteiger partial charge is 0.185 e. The highest BCUT2D eigenvalue weighted by molar-refractivity contribution is 8.13. The molecular weight excluding hydrogens is 310 g/mol. The minimum atomic E-state index is -0.972. The highest BCUT2D eigenvalue weighted by Crippen LogP contribution is 2.24. The Morgan fingerprint density at radius 1 is 1.09 bits per heavy atom. The van der Waals surface area contributed by atoms with Crippen LogP contribution in [0.1, 0.15) is 25.0 Å². The van der Waals surface area contributed by atoms with E-state index in [9.17, 15) is 15.0 Å². The molecule has 0 saturated carbocycles. The lowest BCUT2D eigenvalue weighted by molar-refractivity contribution is -0.109. The molecule has 2 rings (SSSR count). The molecule has 0 saturated heterocycles. The average molecular weight is 331 g/mol. The van der Waals surface area contributed by atoms with Crippen molar-refractivity contribution in [2.75, 3.05) is 11.1 Å². The summed E-state index contributed by atoms with van der Waals surface area (Å²) in [5, 5.41) is 23.6. The zero-order valence-electron chi connectivity index (χ0n) is 13.0. The number of anilines is 2. The third-order valence-electron chi connectivity index (χ3n) is 3.37. The maximum absolute atomic E-state index is 10.9. The van der Waals surface area contributed by atoms with E-state index in [1.807, 2.05) is 48.5 Å². The van der Waals surface area contributed by atoms with E-state index in [2.05, 4.69) is 5.32 Å². The van der Waals surface area contributed by atoms with Crippen molar-refractivity contribution < 1.29 is 15.0 Å². The van der Waals surface area contributed by atoms with Gasteiger partial charge in [0, 0.05) is 24.1 Å². The number of hydrogen-bond donors (Lipinski definition) is 3. The quantitative estimate of drug-likeness (QED) is 0.724. The van der Waals surface area contributed by atoms with Gasteiger partial charge in [-0.05, 0) is 36.2 Å². The molecule has 2 unspecified atom stereocenters. The first-order valence-electron chi connectivity index (χ1n) is 7.48. The van der Waals surface area contributed by atoms with Gasteiger partial charge < -0.3 is 15.5 Å². The van der Waals surface area contributed by atoms with Gasteiger partial charge in [0.15, 0.2) is 5.12 Å². The summed E-state index contributed by atoms with van der Waals surface area (Å²) in [4.78, 5) is 10.9. The Balaban J connectivity index is 1.99. The third kappa shape index (κ3) is 5.71. The van der Waals surface area contributed by atoms with Crippen LogP contribution in [0.3, 0.4) is 0 Å². The van der Waals surface area contributed by atoms with Crippen LogP contribution in [-0.4, -0.2) is 27.2 Å². The first-order valence-corrected chi connectivity index (χ1v) is 8.46. The molecule has 0 spiro atoms. The number of aliphatic hydroxyl groups is 2. The molecule has 5 heteroatoms. The van der Waals surface area contributed by atoms with E-state index in [1.165, 1.54) is 6.92 Å². The van der Waals surface area contributed by atoms with E-state index < -0.39 is 12.2 Å². The maximum Gasteiger partial charge on any atom is 0.185 e. The van der Waals surface area contributed by atoms with Crippen molar-refractivity contribution in [2.24, 2.45) is 0 Å². The maximum atomic E-state index is 10.9. The van der Waals surface area contributed by atoms with Crippen molar-refractivity contribution in [1.29, 1.82) is 0 Å². The Kier molecular flexibility index (Phi) is 6.65. The number of benzene rings is 2. The van der Waals surface area contributed by atoms with Gasteiger partial charge in [0.25, 0.3) is 0 Å². The molecule has 3 N–H and O–H groups in total. The summed E-state index contributed by atoms with van der Waals surface area (Å²) in [7, 11) is 0. The SMILES string of the molecule is CC(=O)SCCC(O)C(O)c1cccc(Nc2ccccc2)c1. The fourth-order valence-electron chi connectivity index (χ4n) is 2.19. The van der Waals surface area contributed by atoms with Crippen LogP contribution in [0, 0.1) is 0 Å². The van der Waals surface area contributed by atoms with Gasteiger partial charge in [-0.3, -0.25) is 4.79 Å². The predicted molar refractivity (Wildman–Crippen MR) is 94.9 cm³/mol. The number of para-hydroxylation sites is 1. The Bertz CT molecular complexity index is 633. The van der Waals surface area contributed by atoms with Crippen molar-refractivity contribution >= 4 is 28.3 Å². The first kappa shape index (κ1) is 17.5. The molecule has 0 aliphatic rings. The van der Waals surface area contributed by atoms with Gasteiger partial charge in [-0.1, -0.05) is 42.1 Å². The van der Waals surface area contributed by atoms with E-state index in [1.54, 1.807) is 6.07 Å². The molecule has 0 radical (unpaired) electrons. The number of aliphatic hydroxyl groups excluding tert-OH is 2. The van der Waals surface area contributed by atoms with Crippen molar-refractivity contribution in [2.45, 2.75) is 25.6 Å². The van der Waals surface area contributed by atoms with Gasteiger partial charge >= 0.3 is 0 Å². The van der Waals surface area contributed by atoms with Gasteiger partial charge in [-0.2, -0.15) is 0 Å². The molecule has 0 amide bonds. The number of rotatable bonds is 7. The summed E-state index contributed by atoms with van der Waals surface area (Å²) in [5.74, 6) is 0.496. The molecule has 2 aromatic rings. The van der Waals surface area contributed by atoms with Crippen LogP contribution in [0.4, 0.5) is 11.4 Å². The highest BCUT2D eigenvalue weighted by atomic mass is 32.2. The number of carbonyl (C=O) groups is 1. The molecule has 4 nitrogen and oxygen atoms in total. The molecule has 23 heavy (non-hydrogen) atoms. The molecule has 0 aliphatic heterocycles. The minimum absolute atomic E-state index is 0.0146. The summed E-state index contributed by atoms with van der Waals surface area (Å²) in [6, 6.07) is 17.1. The monoisotopic (exact) mass is 331 g/mol. The van der Waals surface area contributed by atoms with Crippen LogP contribution >= 0.6 is 11.8 Å². The summed E-state index contributed by atoms with van der Waals surface area (Å²) in [5.41, 5.74) is 2.45. The third-order valence-corrected chi connectivity index (χ3v) is 4.22. The lowest BCUT2D eigenvalue weighted by atomic mass is 10.0. The van der Waals surface area contributed by atoms with Gasteiger partial charge in [-0.25, -0.2) is 0 Å². The normalized spacial score (nSPS) is 13.3. The highest BCUT2D eigenvalue weighted by Gasteiger charge is 2.18. The number of nitrogens with one attached hydrogen (secondary N) is 1. The van der Waals surface area contributed by atoms with E-state index in [0.29, 0.717) is 17.7 Å². The van der Waals surface area contributed by atoms with Crippen LogP contribution in [0.5, 0.6) is 0 Å². The molecule has 2 aromatic carbocycles. The van der Waals surface area contributed by atoms with Crippen molar-refractivity contribution in [3.8, 4) is 0 Å². The van der Waals surface area contributed by atoms with Crippen molar-refractivity contribution in [1.82, 2.24) is 0 Å². The van der Waals surface area contributed by atoms with E-state index in [0.717, 1.165) is 23.1 Å². The molecule has 0 aliphatic carbocycles. The topological polar surface area (TPSA) is 69.6 Å². The fraction of sp³-hybridized carbons (Fsp3) is 0.278. The van der Waals surface area contributed by atoms with Crippen molar-refractivity contribution in [3.05, 3.63) is 60.2 Å². The molecule has 0 aromatic heterocycles. The number of carbonyl (C=O) groups excluding carboxylic acids is 1. The van der Waals surface area contributed by atoms with Gasteiger partial charge in [0.05, 0.1) is 6.10 Å². The Hall–Kier alpha value is -1.82. The average Bonchev–Trinajstić information content (AvgIpc) is 2.55. The second-order valence-electron chi connectivity index (χ2n) is 5.26. The molecular formula is C18H21NO3S. The van der Waals surface area contributed by atoms with E-state index in [4.69, 9.17) is 0 Å². The van der Waals surface area contributed by atoms with Crippen LogP contribution in [-0.2, 0) is 4.79 Å². The second kappa shape index (κ2) is 8.72. The van der Waals surface area contributed by atoms with Crippen LogP contribution < -0.4 is 5.32 Å². The zero-order valence-corrected chi connectivity index (χ0v) is 13.8. The minimum Gasteiger partial charge on any atom is -0.390 e. The summed E-state index contributed by atoms with van der Waals surface area (Å²) in [6.45, 7) is 1.49. The first-order chi connectivity index (χ1) is 11.1. The molecule has 0 bridgehead atoms. The summed E-state index contributed by atoms with van der Waals surface area (Å²) < 4.78 is 0. The summed E-state index contributed by atoms with van der Waals surface area (Å²) in [6.07, 6.45) is -1.50. The Morgan fingerprint density at radius 3 is 2.48 bits per heavy atom. The molecule has 122 valence electrons. The predicted octanol–water partition coefficient (Wildman–Crippen LogP) is 3.49. The zero-order chi connectivity index (χ0) is 16.7. The largest absolute Gasteiger partial charge is 0.390 e. The Morgan fingerprint density at radius 2 is 1.78 bits per heavy atom. The second-order valence-corrected chi connectivity index (χ2v) is 6.53. The molecule has 2 atom stereocenters. The van der Waals surface area contributed by atoms with Crippen LogP contribution in [0.15, 0.2) is 54.6 Å². The van der Waals surface area contributed by atoms with Gasteiger partial charge in [0.2, 0.25) is 0 Å². The molecule has 0 heterocycles. The van der Waals surface area contributed by atoms with Crippen LogP contribution in [0.2, 0.25) is 0 Å². The van der Waals surface area contributed by atoms with Crippen molar-refractivity contribution in [3.63, 3.8) is 0 Å². The number of thioether (sulfide) groups is 1. The Labute approximate surface area is 140 Å². The van der Waals surface area contributed by atoms with Gasteiger partial charge in [0.1, 0.15) is 6.10 Å². The lowest BCUT2D eigenvalue weighted by Crippen LogP contribution is -2.19. The number of hydrogen-bond acceptors (Lipinski definition) is 5. The fourth-order valence-corrected chi connectivity index (χ4v) is 2.84. The van der Waals surface area contributed by atoms with E-state index in [-0.39, 0.29) is 5.12 Å². The summed E-state index contributed by atoms with van der Waals surface area (Å²) >= 11 is 1.15. The standard InChI is InChI=1S/C18H21NO3S/c1-13(20)23-11-10-17(21)18(22)14-6-5-9-16(12-14)19-15-7-3-2-4-8-15/h2-9,12,17-19,21-22H,10-11H2,1H3.